The number of halogens is 2. The first-order chi connectivity index (χ1) is 9.06. The van der Waals surface area contributed by atoms with Crippen molar-refractivity contribution < 1.29 is 9.18 Å². The topological polar surface area (TPSA) is 55.1 Å². The second kappa shape index (κ2) is 6.14. The van der Waals surface area contributed by atoms with Crippen LogP contribution in [0.25, 0.3) is 0 Å². The Balaban J connectivity index is 1.99. The number of carbonyl (C=O) groups excluding carboxylic acids is 1. The van der Waals surface area contributed by atoms with Crippen molar-refractivity contribution in [3.63, 3.8) is 0 Å². The molecule has 0 unspecified atom stereocenters. The minimum atomic E-state index is -0.564. The van der Waals surface area contributed by atoms with Gasteiger partial charge in [-0.25, -0.2) is 4.39 Å². The molecule has 100 valence electrons. The number of carbonyl (C=O) groups is 1. The maximum Gasteiger partial charge on any atom is 0.248 e. The highest BCUT2D eigenvalue weighted by Crippen LogP contribution is 2.21. The molecule has 0 aliphatic heterocycles. The van der Waals surface area contributed by atoms with Crippen LogP contribution >= 0.6 is 22.9 Å². The van der Waals surface area contributed by atoms with Crippen LogP contribution in [-0.2, 0) is 13.1 Å². The Morgan fingerprint density at radius 3 is 2.74 bits per heavy atom. The molecule has 1 aromatic heterocycles. The van der Waals surface area contributed by atoms with Crippen LogP contribution < -0.4 is 11.1 Å². The Labute approximate surface area is 119 Å². The normalized spacial score (nSPS) is 10.6. The smallest absolute Gasteiger partial charge is 0.248 e. The molecule has 19 heavy (non-hydrogen) atoms. The highest BCUT2D eigenvalue weighted by atomic mass is 35.5. The number of hydrogen-bond donors (Lipinski definition) is 2. The van der Waals surface area contributed by atoms with Gasteiger partial charge < -0.3 is 11.1 Å². The van der Waals surface area contributed by atoms with E-state index in [4.69, 9.17) is 17.3 Å². The van der Waals surface area contributed by atoms with Crippen molar-refractivity contribution in [2.45, 2.75) is 13.1 Å². The Bertz CT molecular complexity index is 600. The molecule has 0 saturated carbocycles. The van der Waals surface area contributed by atoms with Gasteiger partial charge in [-0.15, -0.1) is 11.3 Å². The molecule has 0 saturated heterocycles. The van der Waals surface area contributed by atoms with Crippen molar-refractivity contribution in [1.82, 2.24) is 5.32 Å². The van der Waals surface area contributed by atoms with Gasteiger partial charge in [-0.2, -0.15) is 0 Å². The second-order valence-corrected chi connectivity index (χ2v) is 5.78. The van der Waals surface area contributed by atoms with Crippen molar-refractivity contribution in [3.8, 4) is 0 Å². The third-order valence-electron chi connectivity index (χ3n) is 2.57. The maximum absolute atomic E-state index is 13.6. The number of amides is 1. The molecular formula is C13H12ClFN2OS. The monoisotopic (exact) mass is 298 g/mol. The lowest BCUT2D eigenvalue weighted by molar-refractivity contribution is 0.1000. The molecule has 1 amide bonds. The molecule has 0 aliphatic carbocycles. The zero-order valence-corrected chi connectivity index (χ0v) is 11.5. The first-order valence-corrected chi connectivity index (χ1v) is 6.79. The molecule has 1 heterocycles. The molecule has 3 N–H and O–H groups in total. The summed E-state index contributed by atoms with van der Waals surface area (Å²) in [6, 6.07) is 7.82. The number of hydrogen-bond acceptors (Lipinski definition) is 3. The van der Waals surface area contributed by atoms with Crippen LogP contribution in [0.4, 0.5) is 4.39 Å². The Kier molecular flexibility index (Phi) is 4.52. The van der Waals surface area contributed by atoms with Gasteiger partial charge in [-0.1, -0.05) is 11.6 Å². The zero-order chi connectivity index (χ0) is 13.8. The van der Waals surface area contributed by atoms with E-state index < -0.39 is 5.91 Å². The van der Waals surface area contributed by atoms with E-state index in [1.807, 2.05) is 12.1 Å². The van der Waals surface area contributed by atoms with Gasteiger partial charge in [0.15, 0.2) is 0 Å². The highest BCUT2D eigenvalue weighted by molar-refractivity contribution is 7.16. The Morgan fingerprint density at radius 1 is 1.32 bits per heavy atom. The fourth-order valence-corrected chi connectivity index (χ4v) is 2.69. The SMILES string of the molecule is NC(=O)c1ccc(F)c(CNCc2ccc(Cl)s2)c1. The van der Waals surface area contributed by atoms with Crippen LogP contribution in [0.5, 0.6) is 0 Å². The molecule has 0 fully saturated rings. The average Bonchev–Trinajstić information content (AvgIpc) is 2.77. The van der Waals surface area contributed by atoms with Crippen molar-refractivity contribution in [3.05, 3.63) is 56.5 Å². The van der Waals surface area contributed by atoms with Crippen LogP contribution in [0, 0.1) is 5.82 Å². The van der Waals surface area contributed by atoms with Gasteiger partial charge in [0.2, 0.25) is 5.91 Å². The molecule has 1 aromatic carbocycles. The number of thiophene rings is 1. The first kappa shape index (κ1) is 14.0. The summed E-state index contributed by atoms with van der Waals surface area (Å²) in [4.78, 5) is 12.1. The van der Waals surface area contributed by atoms with E-state index in [1.54, 1.807) is 0 Å². The zero-order valence-electron chi connectivity index (χ0n) is 9.95. The van der Waals surface area contributed by atoms with E-state index in [0.29, 0.717) is 24.2 Å². The lowest BCUT2D eigenvalue weighted by Crippen LogP contribution is -2.15. The summed E-state index contributed by atoms with van der Waals surface area (Å²) in [7, 11) is 0. The van der Waals surface area contributed by atoms with Crippen molar-refractivity contribution in [2.24, 2.45) is 5.73 Å². The Morgan fingerprint density at radius 2 is 2.11 bits per heavy atom. The summed E-state index contributed by atoms with van der Waals surface area (Å²) in [5.41, 5.74) is 5.88. The molecular weight excluding hydrogens is 287 g/mol. The lowest BCUT2D eigenvalue weighted by Gasteiger charge is -2.06. The molecule has 0 bridgehead atoms. The van der Waals surface area contributed by atoms with Crippen molar-refractivity contribution >= 4 is 28.8 Å². The van der Waals surface area contributed by atoms with Crippen LogP contribution in [0.3, 0.4) is 0 Å². The average molecular weight is 299 g/mol. The number of benzene rings is 1. The number of nitrogens with two attached hydrogens (primary N) is 1. The third-order valence-corrected chi connectivity index (χ3v) is 3.80. The predicted octanol–water partition coefficient (Wildman–Crippen LogP) is 2.93. The number of nitrogens with one attached hydrogen (secondary N) is 1. The molecule has 0 atom stereocenters. The summed E-state index contributed by atoms with van der Waals surface area (Å²) in [5.74, 6) is -0.923. The van der Waals surface area contributed by atoms with Gasteiger partial charge in [0.1, 0.15) is 5.82 Å². The number of primary amides is 1. The van der Waals surface area contributed by atoms with Crippen molar-refractivity contribution in [2.75, 3.05) is 0 Å². The molecule has 0 radical (unpaired) electrons. The van der Waals surface area contributed by atoms with Gasteiger partial charge in [-0.05, 0) is 30.3 Å². The van der Waals surface area contributed by atoms with E-state index >= 15 is 0 Å². The fourth-order valence-electron chi connectivity index (χ4n) is 1.63. The van der Waals surface area contributed by atoms with Gasteiger partial charge in [0, 0.05) is 29.1 Å². The van der Waals surface area contributed by atoms with E-state index in [1.165, 1.54) is 29.5 Å². The van der Waals surface area contributed by atoms with Crippen LogP contribution in [-0.4, -0.2) is 5.91 Å². The molecule has 2 rings (SSSR count). The second-order valence-electron chi connectivity index (χ2n) is 3.98. The molecule has 6 heteroatoms. The summed E-state index contributed by atoms with van der Waals surface area (Å²) >= 11 is 7.29. The predicted molar refractivity (Wildman–Crippen MR) is 74.8 cm³/mol. The fraction of sp³-hybridized carbons (Fsp3) is 0.154. The largest absolute Gasteiger partial charge is 0.366 e. The summed E-state index contributed by atoms with van der Waals surface area (Å²) < 4.78 is 14.3. The van der Waals surface area contributed by atoms with Gasteiger partial charge in [0.05, 0.1) is 4.34 Å². The van der Waals surface area contributed by atoms with Crippen LogP contribution in [0.15, 0.2) is 30.3 Å². The van der Waals surface area contributed by atoms with E-state index in [-0.39, 0.29) is 5.82 Å². The third kappa shape index (κ3) is 3.76. The Hall–Kier alpha value is -1.43. The van der Waals surface area contributed by atoms with Gasteiger partial charge >= 0.3 is 0 Å². The van der Waals surface area contributed by atoms with Crippen molar-refractivity contribution in [1.29, 1.82) is 0 Å². The molecule has 3 nitrogen and oxygen atoms in total. The van der Waals surface area contributed by atoms with Gasteiger partial charge in [-0.3, -0.25) is 4.79 Å². The minimum Gasteiger partial charge on any atom is -0.366 e. The lowest BCUT2D eigenvalue weighted by atomic mass is 10.1. The molecule has 0 spiro atoms. The highest BCUT2D eigenvalue weighted by Gasteiger charge is 2.07. The standard InChI is InChI=1S/C13H12ClFN2OS/c14-12-4-2-10(19-12)7-17-6-9-5-8(13(16)18)1-3-11(9)15/h1-5,17H,6-7H2,(H2,16,18). The minimum absolute atomic E-state index is 0.303. The van der Waals surface area contributed by atoms with Crippen LogP contribution in [0.2, 0.25) is 4.34 Å². The van der Waals surface area contributed by atoms with E-state index in [9.17, 15) is 9.18 Å². The number of rotatable bonds is 5. The van der Waals surface area contributed by atoms with Crippen LogP contribution in [0.1, 0.15) is 20.8 Å². The maximum atomic E-state index is 13.6. The summed E-state index contributed by atoms with van der Waals surface area (Å²) in [6.07, 6.45) is 0. The summed E-state index contributed by atoms with van der Waals surface area (Å²) in [6.45, 7) is 0.917. The van der Waals surface area contributed by atoms with Gasteiger partial charge in [0.25, 0.3) is 0 Å². The van der Waals surface area contributed by atoms with E-state index in [0.717, 1.165) is 9.21 Å². The first-order valence-electron chi connectivity index (χ1n) is 5.59. The quantitative estimate of drug-likeness (QED) is 0.892. The summed E-state index contributed by atoms with van der Waals surface area (Å²) in [5, 5.41) is 3.10. The van der Waals surface area contributed by atoms with E-state index in [2.05, 4.69) is 5.32 Å². The molecule has 0 aliphatic rings. The molecule has 2 aromatic rings.